The van der Waals surface area contributed by atoms with Crippen LogP contribution in [0, 0.1) is 3.57 Å². The van der Waals surface area contributed by atoms with Gasteiger partial charge in [0.2, 0.25) is 0 Å². The van der Waals surface area contributed by atoms with E-state index in [1.807, 2.05) is 22.6 Å². The molecule has 8 heteroatoms. The Hall–Kier alpha value is -1.71. The summed E-state index contributed by atoms with van der Waals surface area (Å²) in [7, 11) is 0. The molecule has 118 valence electrons. The lowest BCUT2D eigenvalue weighted by molar-refractivity contribution is 0.0697. The number of thiocarbonyl (C=S) groups is 1. The number of carboxylic acid groups (broad SMARTS) is 1. The summed E-state index contributed by atoms with van der Waals surface area (Å²) in [6, 6.07) is 11.2. The van der Waals surface area contributed by atoms with Crippen molar-refractivity contribution >= 4 is 69.1 Å². The van der Waals surface area contributed by atoms with Crippen molar-refractivity contribution in [2.45, 2.75) is 0 Å². The van der Waals surface area contributed by atoms with E-state index in [1.165, 1.54) is 12.1 Å². The van der Waals surface area contributed by atoms with Crippen LogP contribution in [0.25, 0.3) is 0 Å². The largest absolute Gasteiger partial charge is 0.478 e. The van der Waals surface area contributed by atoms with Crippen LogP contribution in [-0.4, -0.2) is 22.1 Å². The number of benzene rings is 2. The molecular weight excluding hydrogens is 451 g/mol. The van der Waals surface area contributed by atoms with E-state index < -0.39 is 11.9 Å². The van der Waals surface area contributed by atoms with Gasteiger partial charge in [0.25, 0.3) is 5.91 Å². The second-order valence-corrected chi connectivity index (χ2v) is 6.50. The number of halogens is 2. The normalized spacial score (nSPS) is 10.0. The molecule has 0 radical (unpaired) electrons. The quantitative estimate of drug-likeness (QED) is 0.480. The van der Waals surface area contributed by atoms with Crippen molar-refractivity contribution in [3.63, 3.8) is 0 Å². The number of carbonyl (C=O) groups is 2. The van der Waals surface area contributed by atoms with Gasteiger partial charge in [-0.15, -0.1) is 0 Å². The SMILES string of the molecule is O=C(NC(=S)Nc1ccc(I)cc1C(=O)O)c1cccc(Cl)c1. The van der Waals surface area contributed by atoms with Gasteiger partial charge in [-0.3, -0.25) is 10.1 Å². The fourth-order valence-corrected chi connectivity index (χ4v) is 2.65. The van der Waals surface area contributed by atoms with Crippen molar-refractivity contribution in [1.29, 1.82) is 0 Å². The standard InChI is InChI=1S/C15H10ClIN2O3S/c16-9-3-1-2-8(6-9)13(20)19-15(23)18-12-5-4-10(17)7-11(12)14(21)22/h1-7H,(H,21,22)(H2,18,19,20,23). The van der Waals surface area contributed by atoms with Crippen LogP contribution in [0.15, 0.2) is 42.5 Å². The number of amides is 1. The summed E-state index contributed by atoms with van der Waals surface area (Å²) in [6.45, 7) is 0. The van der Waals surface area contributed by atoms with Gasteiger partial charge in [-0.25, -0.2) is 4.79 Å². The highest BCUT2D eigenvalue weighted by Gasteiger charge is 2.13. The summed E-state index contributed by atoms with van der Waals surface area (Å²) < 4.78 is 0.777. The number of carbonyl (C=O) groups excluding carboxylic acids is 1. The predicted octanol–water partition coefficient (Wildman–Crippen LogP) is 3.77. The highest BCUT2D eigenvalue weighted by Crippen LogP contribution is 2.19. The maximum atomic E-state index is 12.1. The molecule has 0 saturated heterocycles. The molecule has 2 rings (SSSR count). The summed E-state index contributed by atoms with van der Waals surface area (Å²) >= 11 is 12.9. The number of rotatable bonds is 3. The Morgan fingerprint density at radius 2 is 1.91 bits per heavy atom. The third-order valence-electron chi connectivity index (χ3n) is 2.77. The van der Waals surface area contributed by atoms with Gasteiger partial charge in [-0.05, 0) is 71.2 Å². The van der Waals surface area contributed by atoms with Crippen molar-refractivity contribution in [3.8, 4) is 0 Å². The number of aromatic carboxylic acids is 1. The van der Waals surface area contributed by atoms with E-state index in [1.54, 1.807) is 30.3 Å². The minimum atomic E-state index is -1.09. The van der Waals surface area contributed by atoms with Gasteiger partial charge in [-0.2, -0.15) is 0 Å². The zero-order chi connectivity index (χ0) is 17.0. The minimum Gasteiger partial charge on any atom is -0.478 e. The van der Waals surface area contributed by atoms with Gasteiger partial charge in [0.05, 0.1) is 11.3 Å². The molecule has 3 N–H and O–H groups in total. The molecule has 0 aliphatic heterocycles. The first kappa shape index (κ1) is 17.6. The summed E-state index contributed by atoms with van der Waals surface area (Å²) in [4.78, 5) is 23.3. The molecule has 0 aliphatic carbocycles. The summed E-state index contributed by atoms with van der Waals surface area (Å²) in [5.41, 5.74) is 0.716. The first-order valence-corrected chi connectivity index (χ1v) is 8.14. The molecule has 0 unspecified atom stereocenters. The van der Waals surface area contributed by atoms with Crippen molar-refractivity contribution in [3.05, 3.63) is 62.2 Å². The van der Waals surface area contributed by atoms with Crippen LogP contribution in [0.5, 0.6) is 0 Å². The fourth-order valence-electron chi connectivity index (χ4n) is 1.76. The zero-order valence-electron chi connectivity index (χ0n) is 11.5. The van der Waals surface area contributed by atoms with E-state index in [0.29, 0.717) is 16.3 Å². The molecule has 0 heterocycles. The highest BCUT2D eigenvalue weighted by molar-refractivity contribution is 14.1. The second kappa shape index (κ2) is 7.71. The Bertz CT molecular complexity index is 798. The second-order valence-electron chi connectivity index (χ2n) is 4.41. The Labute approximate surface area is 156 Å². The predicted molar refractivity (Wildman–Crippen MR) is 101 cm³/mol. The number of carboxylic acids is 1. The summed E-state index contributed by atoms with van der Waals surface area (Å²) in [6.07, 6.45) is 0. The van der Waals surface area contributed by atoms with E-state index in [2.05, 4.69) is 10.6 Å². The van der Waals surface area contributed by atoms with E-state index in [9.17, 15) is 14.7 Å². The molecule has 2 aromatic rings. The number of nitrogens with one attached hydrogen (secondary N) is 2. The van der Waals surface area contributed by atoms with Crippen molar-refractivity contribution < 1.29 is 14.7 Å². The maximum absolute atomic E-state index is 12.1. The van der Waals surface area contributed by atoms with Crippen LogP contribution in [-0.2, 0) is 0 Å². The molecule has 0 bridgehead atoms. The van der Waals surface area contributed by atoms with Crippen molar-refractivity contribution in [2.24, 2.45) is 0 Å². The molecule has 0 saturated carbocycles. The number of anilines is 1. The summed E-state index contributed by atoms with van der Waals surface area (Å²) in [5.74, 6) is -1.53. The molecule has 1 amide bonds. The van der Waals surface area contributed by atoms with Crippen LogP contribution in [0.1, 0.15) is 20.7 Å². The zero-order valence-corrected chi connectivity index (χ0v) is 15.2. The van der Waals surface area contributed by atoms with Crippen LogP contribution in [0.4, 0.5) is 5.69 Å². The van der Waals surface area contributed by atoms with E-state index in [-0.39, 0.29) is 10.7 Å². The Morgan fingerprint density at radius 1 is 1.17 bits per heavy atom. The molecule has 0 aromatic heterocycles. The number of hydrogen-bond donors (Lipinski definition) is 3. The van der Waals surface area contributed by atoms with E-state index in [4.69, 9.17) is 23.8 Å². The van der Waals surface area contributed by atoms with Gasteiger partial charge in [0, 0.05) is 14.2 Å². The first-order valence-electron chi connectivity index (χ1n) is 6.27. The number of hydrogen-bond acceptors (Lipinski definition) is 3. The fraction of sp³-hybridized carbons (Fsp3) is 0. The third-order valence-corrected chi connectivity index (χ3v) is 3.88. The van der Waals surface area contributed by atoms with Crippen LogP contribution < -0.4 is 10.6 Å². The molecule has 0 atom stereocenters. The lowest BCUT2D eigenvalue weighted by Gasteiger charge is -2.12. The molecular formula is C15H10ClIN2O3S. The van der Waals surface area contributed by atoms with Gasteiger partial charge in [0.15, 0.2) is 5.11 Å². The average molecular weight is 461 g/mol. The first-order chi connectivity index (χ1) is 10.9. The van der Waals surface area contributed by atoms with Crippen LogP contribution in [0.3, 0.4) is 0 Å². The molecule has 23 heavy (non-hydrogen) atoms. The van der Waals surface area contributed by atoms with Crippen molar-refractivity contribution in [2.75, 3.05) is 5.32 Å². The van der Waals surface area contributed by atoms with Crippen LogP contribution in [0.2, 0.25) is 5.02 Å². The minimum absolute atomic E-state index is 0.00122. The van der Waals surface area contributed by atoms with Gasteiger partial charge < -0.3 is 10.4 Å². The molecule has 5 nitrogen and oxygen atoms in total. The molecule has 0 spiro atoms. The van der Waals surface area contributed by atoms with Crippen molar-refractivity contribution in [1.82, 2.24) is 5.32 Å². The Morgan fingerprint density at radius 3 is 2.57 bits per heavy atom. The van der Waals surface area contributed by atoms with Crippen LogP contribution >= 0.6 is 46.4 Å². The van der Waals surface area contributed by atoms with E-state index in [0.717, 1.165) is 3.57 Å². The van der Waals surface area contributed by atoms with Gasteiger partial charge >= 0.3 is 5.97 Å². The topological polar surface area (TPSA) is 78.4 Å². The third kappa shape index (κ3) is 4.88. The smallest absolute Gasteiger partial charge is 0.337 e. The lowest BCUT2D eigenvalue weighted by Crippen LogP contribution is -2.34. The summed E-state index contributed by atoms with van der Waals surface area (Å²) in [5, 5.41) is 14.8. The lowest BCUT2D eigenvalue weighted by atomic mass is 10.2. The van der Waals surface area contributed by atoms with Gasteiger partial charge in [0.1, 0.15) is 0 Å². The Kier molecular flexibility index (Phi) is 5.91. The Balaban J connectivity index is 2.11. The van der Waals surface area contributed by atoms with Gasteiger partial charge in [-0.1, -0.05) is 17.7 Å². The maximum Gasteiger partial charge on any atom is 0.337 e. The average Bonchev–Trinajstić information content (AvgIpc) is 2.48. The monoisotopic (exact) mass is 460 g/mol. The molecule has 2 aromatic carbocycles. The van der Waals surface area contributed by atoms with E-state index >= 15 is 0 Å². The highest BCUT2D eigenvalue weighted by atomic mass is 127. The molecule has 0 fully saturated rings. The molecule has 0 aliphatic rings.